The maximum Gasteiger partial charge on any atom is 0.317 e. The van der Waals surface area contributed by atoms with Gasteiger partial charge in [0.05, 0.1) is 6.54 Å². The molecular formula is C8H17N3O2. The first-order valence-electron chi connectivity index (χ1n) is 4.60. The van der Waals surface area contributed by atoms with E-state index >= 15 is 0 Å². The van der Waals surface area contributed by atoms with Gasteiger partial charge in [-0.25, -0.2) is 0 Å². The first-order valence-corrected chi connectivity index (χ1v) is 4.60. The third kappa shape index (κ3) is 3.30. The molecule has 5 heteroatoms. The lowest BCUT2D eigenvalue weighted by Gasteiger charge is -2.34. The molecule has 0 aromatic rings. The number of nitrogens with zero attached hydrogens (tertiary/aromatic N) is 1. The lowest BCUT2D eigenvalue weighted by Crippen LogP contribution is -2.53. The molecular weight excluding hydrogens is 170 g/mol. The van der Waals surface area contributed by atoms with Crippen molar-refractivity contribution in [2.75, 3.05) is 32.7 Å². The number of carboxylic acids is 1. The first kappa shape index (κ1) is 10.4. The van der Waals surface area contributed by atoms with Gasteiger partial charge >= 0.3 is 5.97 Å². The van der Waals surface area contributed by atoms with Gasteiger partial charge in [0.1, 0.15) is 0 Å². The molecule has 0 radical (unpaired) electrons. The molecule has 1 aliphatic heterocycles. The molecule has 0 aliphatic carbocycles. The summed E-state index contributed by atoms with van der Waals surface area (Å²) in [5.41, 5.74) is 5.45. The molecule has 0 aromatic carbocycles. The molecule has 0 bridgehead atoms. The Kier molecular flexibility index (Phi) is 4.14. The lowest BCUT2D eigenvalue weighted by molar-refractivity contribution is -0.139. The zero-order chi connectivity index (χ0) is 9.68. The molecule has 0 aromatic heterocycles. The molecule has 1 aliphatic rings. The Balaban J connectivity index is 2.41. The van der Waals surface area contributed by atoms with Crippen molar-refractivity contribution in [3.63, 3.8) is 0 Å². The van der Waals surface area contributed by atoms with Gasteiger partial charge < -0.3 is 16.2 Å². The van der Waals surface area contributed by atoms with E-state index in [1.165, 1.54) is 0 Å². The maximum absolute atomic E-state index is 10.5. The van der Waals surface area contributed by atoms with Gasteiger partial charge in [-0.15, -0.1) is 0 Å². The molecule has 1 heterocycles. The van der Waals surface area contributed by atoms with Crippen molar-refractivity contribution in [1.29, 1.82) is 0 Å². The van der Waals surface area contributed by atoms with Crippen molar-refractivity contribution in [3.05, 3.63) is 0 Å². The Morgan fingerprint density at radius 3 is 3.08 bits per heavy atom. The van der Waals surface area contributed by atoms with Crippen LogP contribution in [0.25, 0.3) is 0 Å². The predicted octanol–water partition coefficient (Wildman–Crippen LogP) is -1.31. The molecule has 0 saturated carbocycles. The fourth-order valence-electron chi connectivity index (χ4n) is 1.66. The molecule has 4 N–H and O–H groups in total. The van der Waals surface area contributed by atoms with E-state index < -0.39 is 5.97 Å². The van der Waals surface area contributed by atoms with E-state index in [4.69, 9.17) is 10.8 Å². The maximum atomic E-state index is 10.5. The highest BCUT2D eigenvalue weighted by molar-refractivity contribution is 5.69. The van der Waals surface area contributed by atoms with Gasteiger partial charge in [-0.1, -0.05) is 0 Å². The van der Waals surface area contributed by atoms with E-state index in [2.05, 4.69) is 5.32 Å². The summed E-state index contributed by atoms with van der Waals surface area (Å²) in [6, 6.07) is 0.287. The number of nitrogens with two attached hydrogens (primary N) is 1. The normalized spacial score (nSPS) is 24.5. The number of aliphatic carboxylic acids is 1. The summed E-state index contributed by atoms with van der Waals surface area (Å²) in [5.74, 6) is -0.760. The van der Waals surface area contributed by atoms with E-state index in [9.17, 15) is 4.79 Å². The summed E-state index contributed by atoms with van der Waals surface area (Å²) in [5, 5.41) is 11.9. The number of carbonyl (C=O) groups is 1. The number of rotatable bonds is 4. The van der Waals surface area contributed by atoms with Crippen LogP contribution in [0, 0.1) is 0 Å². The van der Waals surface area contributed by atoms with Crippen molar-refractivity contribution in [2.45, 2.75) is 12.5 Å². The third-order valence-corrected chi connectivity index (χ3v) is 2.31. The molecule has 0 amide bonds. The standard InChI is InChI=1S/C8H17N3O2/c9-2-1-7-5-10-3-4-11(7)6-8(12)13/h7,10H,1-6,9H2,(H,12,13). The van der Waals surface area contributed by atoms with Crippen molar-refractivity contribution < 1.29 is 9.90 Å². The number of nitrogens with one attached hydrogen (secondary N) is 1. The van der Waals surface area contributed by atoms with Crippen LogP contribution >= 0.6 is 0 Å². The minimum Gasteiger partial charge on any atom is -0.480 e. The fourth-order valence-corrected chi connectivity index (χ4v) is 1.66. The van der Waals surface area contributed by atoms with E-state index in [1.807, 2.05) is 4.90 Å². The average molecular weight is 187 g/mol. The molecule has 1 unspecified atom stereocenters. The quantitative estimate of drug-likeness (QED) is 0.509. The van der Waals surface area contributed by atoms with Crippen molar-refractivity contribution >= 4 is 5.97 Å². The average Bonchev–Trinajstić information content (AvgIpc) is 2.08. The molecule has 0 spiro atoms. The second-order valence-corrected chi connectivity index (χ2v) is 3.30. The Bertz CT molecular complexity index is 173. The minimum atomic E-state index is -0.760. The zero-order valence-corrected chi connectivity index (χ0v) is 7.70. The number of hydrogen-bond donors (Lipinski definition) is 3. The molecule has 1 fully saturated rings. The van der Waals surface area contributed by atoms with Crippen LogP contribution < -0.4 is 11.1 Å². The van der Waals surface area contributed by atoms with Gasteiger partial charge in [0.15, 0.2) is 0 Å². The number of carboxylic acid groups (broad SMARTS) is 1. The Morgan fingerprint density at radius 1 is 1.69 bits per heavy atom. The molecule has 1 saturated heterocycles. The zero-order valence-electron chi connectivity index (χ0n) is 7.70. The van der Waals surface area contributed by atoms with Gasteiger partial charge in [-0.05, 0) is 13.0 Å². The topological polar surface area (TPSA) is 78.6 Å². The highest BCUT2D eigenvalue weighted by Crippen LogP contribution is 2.05. The van der Waals surface area contributed by atoms with Gasteiger partial charge in [0.2, 0.25) is 0 Å². The second-order valence-electron chi connectivity index (χ2n) is 3.30. The van der Waals surface area contributed by atoms with Crippen LogP contribution in [0.1, 0.15) is 6.42 Å². The van der Waals surface area contributed by atoms with E-state index in [1.54, 1.807) is 0 Å². The molecule has 1 atom stereocenters. The van der Waals surface area contributed by atoms with Gasteiger partial charge in [0.25, 0.3) is 0 Å². The summed E-state index contributed by atoms with van der Waals surface area (Å²) >= 11 is 0. The molecule has 1 rings (SSSR count). The first-order chi connectivity index (χ1) is 6.24. The van der Waals surface area contributed by atoms with Crippen LogP contribution in [0.2, 0.25) is 0 Å². The van der Waals surface area contributed by atoms with Crippen LogP contribution in [0.4, 0.5) is 0 Å². The summed E-state index contributed by atoms with van der Waals surface area (Å²) < 4.78 is 0. The van der Waals surface area contributed by atoms with E-state index in [-0.39, 0.29) is 12.6 Å². The summed E-state index contributed by atoms with van der Waals surface area (Å²) in [6.45, 7) is 3.27. The van der Waals surface area contributed by atoms with E-state index in [0.717, 1.165) is 26.1 Å². The number of piperazine rings is 1. The van der Waals surface area contributed by atoms with Crippen LogP contribution in [0.3, 0.4) is 0 Å². The van der Waals surface area contributed by atoms with Crippen LogP contribution in [-0.2, 0) is 4.79 Å². The van der Waals surface area contributed by atoms with Crippen LogP contribution in [-0.4, -0.2) is 54.7 Å². The Labute approximate surface area is 77.9 Å². The highest BCUT2D eigenvalue weighted by Gasteiger charge is 2.22. The minimum absolute atomic E-state index is 0.131. The number of hydrogen-bond acceptors (Lipinski definition) is 4. The van der Waals surface area contributed by atoms with Crippen LogP contribution in [0.15, 0.2) is 0 Å². The van der Waals surface area contributed by atoms with Crippen LogP contribution in [0.5, 0.6) is 0 Å². The van der Waals surface area contributed by atoms with Crippen molar-refractivity contribution in [3.8, 4) is 0 Å². The fraction of sp³-hybridized carbons (Fsp3) is 0.875. The summed E-state index contributed by atoms with van der Waals surface area (Å²) in [4.78, 5) is 12.5. The smallest absolute Gasteiger partial charge is 0.317 e. The molecule has 13 heavy (non-hydrogen) atoms. The molecule has 5 nitrogen and oxygen atoms in total. The van der Waals surface area contributed by atoms with Crippen molar-refractivity contribution in [1.82, 2.24) is 10.2 Å². The van der Waals surface area contributed by atoms with Crippen molar-refractivity contribution in [2.24, 2.45) is 5.73 Å². The molecule has 76 valence electrons. The van der Waals surface area contributed by atoms with Gasteiger partial charge in [-0.2, -0.15) is 0 Å². The summed E-state index contributed by atoms with van der Waals surface area (Å²) in [7, 11) is 0. The second kappa shape index (κ2) is 5.16. The summed E-state index contributed by atoms with van der Waals surface area (Å²) in [6.07, 6.45) is 0.861. The Morgan fingerprint density at radius 2 is 2.46 bits per heavy atom. The van der Waals surface area contributed by atoms with E-state index in [0.29, 0.717) is 6.54 Å². The SMILES string of the molecule is NCCC1CNCCN1CC(=O)O. The largest absolute Gasteiger partial charge is 0.480 e. The highest BCUT2D eigenvalue weighted by atomic mass is 16.4. The van der Waals surface area contributed by atoms with Gasteiger partial charge in [0, 0.05) is 25.7 Å². The van der Waals surface area contributed by atoms with Gasteiger partial charge in [-0.3, -0.25) is 9.69 Å². The third-order valence-electron chi connectivity index (χ3n) is 2.31. The Hall–Kier alpha value is -0.650. The predicted molar refractivity (Wildman–Crippen MR) is 49.5 cm³/mol. The lowest BCUT2D eigenvalue weighted by atomic mass is 10.1. The monoisotopic (exact) mass is 187 g/mol.